The van der Waals surface area contributed by atoms with Crippen molar-refractivity contribution in [2.24, 2.45) is 0 Å². The molecule has 0 radical (unpaired) electrons. The fraction of sp³-hybridized carbons (Fsp3) is 0.583. The van der Waals surface area contributed by atoms with E-state index in [4.69, 9.17) is 11.6 Å². The molecular weight excluding hydrogens is 222 g/mol. The van der Waals surface area contributed by atoms with Crippen molar-refractivity contribution < 1.29 is 0 Å². The first-order chi connectivity index (χ1) is 7.68. The third-order valence-electron chi connectivity index (χ3n) is 3.13. The molecule has 16 heavy (non-hydrogen) atoms. The van der Waals surface area contributed by atoms with E-state index in [1.54, 1.807) is 0 Å². The number of hydrazine groups is 1. The Morgan fingerprint density at radius 2 is 2.00 bits per heavy atom. The lowest BCUT2D eigenvalue weighted by Gasteiger charge is -2.36. The fourth-order valence-electron chi connectivity index (χ4n) is 2.06. The molecule has 0 amide bonds. The lowest BCUT2D eigenvalue weighted by molar-refractivity contribution is 0.220. The van der Waals surface area contributed by atoms with E-state index >= 15 is 0 Å². The molecule has 0 saturated carbocycles. The highest BCUT2D eigenvalue weighted by Gasteiger charge is 2.15. The maximum atomic E-state index is 5.93. The Morgan fingerprint density at radius 3 is 2.62 bits per heavy atom. The highest BCUT2D eigenvalue weighted by Crippen LogP contribution is 2.21. The van der Waals surface area contributed by atoms with Crippen LogP contribution in [-0.2, 0) is 0 Å². The molecule has 1 aromatic heterocycles. The van der Waals surface area contributed by atoms with Crippen molar-refractivity contribution in [3.8, 4) is 0 Å². The summed E-state index contributed by atoms with van der Waals surface area (Å²) < 4.78 is 0. The van der Waals surface area contributed by atoms with Crippen molar-refractivity contribution in [2.75, 3.05) is 25.1 Å². The highest BCUT2D eigenvalue weighted by atomic mass is 35.5. The Morgan fingerprint density at radius 1 is 1.31 bits per heavy atom. The minimum absolute atomic E-state index is 0.593. The zero-order valence-electron chi connectivity index (χ0n) is 9.91. The average Bonchev–Trinajstić information content (AvgIpc) is 2.33. The van der Waals surface area contributed by atoms with Gasteiger partial charge in [0.1, 0.15) is 5.15 Å². The van der Waals surface area contributed by atoms with Crippen LogP contribution in [0.15, 0.2) is 12.3 Å². The minimum Gasteiger partial charge on any atom is -0.307 e. The Bertz CT molecular complexity index is 361. The summed E-state index contributed by atoms with van der Waals surface area (Å²) in [7, 11) is 2.09. The fourth-order valence-corrected chi connectivity index (χ4v) is 2.16. The Labute approximate surface area is 102 Å². The van der Waals surface area contributed by atoms with Gasteiger partial charge in [-0.3, -0.25) is 0 Å². The molecule has 1 saturated heterocycles. The third kappa shape index (κ3) is 2.47. The molecule has 0 atom stereocenters. The molecule has 3 nitrogen and oxygen atoms in total. The van der Waals surface area contributed by atoms with E-state index in [-0.39, 0.29) is 0 Å². The number of hydrogen-bond acceptors (Lipinski definition) is 3. The van der Waals surface area contributed by atoms with Crippen molar-refractivity contribution in [1.82, 2.24) is 9.99 Å². The van der Waals surface area contributed by atoms with Crippen LogP contribution in [-0.4, -0.2) is 30.1 Å². The molecule has 1 aliphatic heterocycles. The number of halogens is 1. The summed E-state index contributed by atoms with van der Waals surface area (Å²) >= 11 is 5.93. The molecule has 1 fully saturated rings. The molecule has 0 bridgehead atoms. The van der Waals surface area contributed by atoms with E-state index in [1.807, 2.05) is 13.1 Å². The van der Waals surface area contributed by atoms with Crippen LogP contribution in [0.4, 0.5) is 5.69 Å². The van der Waals surface area contributed by atoms with E-state index in [9.17, 15) is 0 Å². The molecule has 88 valence electrons. The van der Waals surface area contributed by atoms with Gasteiger partial charge in [0, 0.05) is 20.1 Å². The molecule has 1 aliphatic rings. The topological polar surface area (TPSA) is 19.4 Å². The first-order valence-corrected chi connectivity index (χ1v) is 6.17. The molecule has 0 unspecified atom stereocenters. The molecule has 2 heterocycles. The number of hydrogen-bond donors (Lipinski definition) is 0. The number of pyridine rings is 1. The molecule has 0 aromatic carbocycles. The van der Waals surface area contributed by atoms with E-state index in [2.05, 4.69) is 28.1 Å². The predicted molar refractivity (Wildman–Crippen MR) is 67.8 cm³/mol. The average molecular weight is 240 g/mol. The van der Waals surface area contributed by atoms with Crippen LogP contribution < -0.4 is 5.01 Å². The predicted octanol–water partition coefficient (Wildman–Crippen LogP) is 2.88. The van der Waals surface area contributed by atoms with Crippen molar-refractivity contribution in [1.29, 1.82) is 0 Å². The molecule has 1 aromatic rings. The summed E-state index contributed by atoms with van der Waals surface area (Å²) in [5, 5.41) is 5.15. The normalized spacial score (nSPS) is 17.4. The standard InChI is InChI=1S/C12H18ClN3/c1-10-8-11(9-14-12(10)13)15(2)16-6-4-3-5-7-16/h8-9H,3-7H2,1-2H3. The summed E-state index contributed by atoms with van der Waals surface area (Å²) in [6, 6.07) is 2.09. The van der Waals surface area contributed by atoms with E-state index in [0.29, 0.717) is 5.15 Å². The maximum Gasteiger partial charge on any atom is 0.132 e. The van der Waals surface area contributed by atoms with Gasteiger partial charge in [0.05, 0.1) is 11.9 Å². The number of nitrogens with zero attached hydrogens (tertiary/aromatic N) is 3. The smallest absolute Gasteiger partial charge is 0.132 e. The van der Waals surface area contributed by atoms with Crippen molar-refractivity contribution in [3.05, 3.63) is 23.0 Å². The van der Waals surface area contributed by atoms with Crippen LogP contribution in [0.2, 0.25) is 5.15 Å². The zero-order chi connectivity index (χ0) is 11.5. The molecule has 0 aliphatic carbocycles. The van der Waals surface area contributed by atoms with E-state index < -0.39 is 0 Å². The van der Waals surface area contributed by atoms with Gasteiger partial charge in [-0.25, -0.2) is 9.99 Å². The van der Waals surface area contributed by atoms with Crippen LogP contribution >= 0.6 is 11.6 Å². The van der Waals surface area contributed by atoms with Crippen LogP contribution in [0.5, 0.6) is 0 Å². The van der Waals surface area contributed by atoms with Gasteiger partial charge in [-0.15, -0.1) is 0 Å². The number of aromatic nitrogens is 1. The van der Waals surface area contributed by atoms with Gasteiger partial charge in [-0.1, -0.05) is 18.0 Å². The monoisotopic (exact) mass is 239 g/mol. The van der Waals surface area contributed by atoms with E-state index in [1.165, 1.54) is 19.3 Å². The first kappa shape index (κ1) is 11.7. The van der Waals surface area contributed by atoms with Crippen LogP contribution in [0.1, 0.15) is 24.8 Å². The number of piperidine rings is 1. The summed E-state index contributed by atoms with van der Waals surface area (Å²) in [6.07, 6.45) is 5.75. The number of anilines is 1. The molecule has 2 rings (SSSR count). The zero-order valence-corrected chi connectivity index (χ0v) is 10.7. The van der Waals surface area contributed by atoms with Crippen molar-refractivity contribution >= 4 is 17.3 Å². The van der Waals surface area contributed by atoms with Gasteiger partial charge in [0.2, 0.25) is 0 Å². The van der Waals surface area contributed by atoms with Crippen LogP contribution in [0, 0.1) is 6.92 Å². The second-order valence-electron chi connectivity index (χ2n) is 4.34. The molecule has 0 spiro atoms. The largest absolute Gasteiger partial charge is 0.307 e. The Kier molecular flexibility index (Phi) is 3.66. The highest BCUT2D eigenvalue weighted by molar-refractivity contribution is 6.30. The second-order valence-corrected chi connectivity index (χ2v) is 4.70. The molecule has 4 heteroatoms. The number of aryl methyl sites for hydroxylation is 1. The number of rotatable bonds is 2. The van der Waals surface area contributed by atoms with Gasteiger partial charge in [0.15, 0.2) is 0 Å². The Hall–Kier alpha value is -0.800. The Balaban J connectivity index is 2.12. The first-order valence-electron chi connectivity index (χ1n) is 5.79. The van der Waals surface area contributed by atoms with Gasteiger partial charge < -0.3 is 5.01 Å². The van der Waals surface area contributed by atoms with Gasteiger partial charge in [-0.05, 0) is 31.4 Å². The van der Waals surface area contributed by atoms with Gasteiger partial charge in [-0.2, -0.15) is 0 Å². The van der Waals surface area contributed by atoms with Crippen molar-refractivity contribution in [2.45, 2.75) is 26.2 Å². The third-order valence-corrected chi connectivity index (χ3v) is 3.53. The lowest BCUT2D eigenvalue weighted by Crippen LogP contribution is -2.43. The minimum atomic E-state index is 0.593. The molecular formula is C12H18ClN3. The lowest BCUT2D eigenvalue weighted by atomic mass is 10.2. The van der Waals surface area contributed by atoms with E-state index in [0.717, 1.165) is 24.3 Å². The summed E-state index contributed by atoms with van der Waals surface area (Å²) in [4.78, 5) is 4.19. The van der Waals surface area contributed by atoms with Crippen LogP contribution in [0.25, 0.3) is 0 Å². The van der Waals surface area contributed by atoms with Gasteiger partial charge in [0.25, 0.3) is 0 Å². The summed E-state index contributed by atoms with van der Waals surface area (Å²) in [5.41, 5.74) is 2.15. The summed E-state index contributed by atoms with van der Waals surface area (Å²) in [5.74, 6) is 0. The SMILES string of the molecule is Cc1cc(N(C)N2CCCCC2)cnc1Cl. The second kappa shape index (κ2) is 5.02. The quantitative estimate of drug-likeness (QED) is 0.740. The molecule has 0 N–H and O–H groups in total. The maximum absolute atomic E-state index is 5.93. The van der Waals surface area contributed by atoms with Crippen LogP contribution in [0.3, 0.4) is 0 Å². The summed E-state index contributed by atoms with van der Waals surface area (Å²) in [6.45, 7) is 4.26. The van der Waals surface area contributed by atoms with Crippen molar-refractivity contribution in [3.63, 3.8) is 0 Å². The van der Waals surface area contributed by atoms with Gasteiger partial charge >= 0.3 is 0 Å².